The van der Waals surface area contributed by atoms with Gasteiger partial charge >= 0.3 is 5.69 Å². The molecule has 1 atom stereocenters. The molecule has 0 aliphatic heterocycles. The van der Waals surface area contributed by atoms with Gasteiger partial charge in [-0.1, -0.05) is 6.08 Å². The highest BCUT2D eigenvalue weighted by Gasteiger charge is 2.17. The smallest absolute Gasteiger partial charge is 0.329 e. The summed E-state index contributed by atoms with van der Waals surface area (Å²) >= 11 is 5.58. The van der Waals surface area contributed by atoms with Gasteiger partial charge in [-0.05, 0) is 24.9 Å². The first-order chi connectivity index (χ1) is 7.54. The first-order valence-corrected chi connectivity index (χ1v) is 4.96. The van der Waals surface area contributed by atoms with Gasteiger partial charge in [-0.25, -0.2) is 4.98 Å². The molecule has 16 heavy (non-hydrogen) atoms. The van der Waals surface area contributed by atoms with E-state index in [0.29, 0.717) is 6.42 Å². The lowest BCUT2D eigenvalue weighted by Crippen LogP contribution is -2.16. The molecule has 7 heteroatoms. The molecule has 1 aromatic rings. The van der Waals surface area contributed by atoms with Crippen LogP contribution in [-0.4, -0.2) is 20.9 Å². The number of aromatic nitrogens is 2. The average Bonchev–Trinajstić information content (AvgIpc) is 2.17. The van der Waals surface area contributed by atoms with Crippen molar-refractivity contribution in [2.75, 3.05) is 5.32 Å². The molecule has 0 saturated carbocycles. The molecule has 0 aliphatic rings. The minimum absolute atomic E-state index is 0.0119. The van der Waals surface area contributed by atoms with Crippen molar-refractivity contribution in [3.8, 4) is 0 Å². The fourth-order valence-corrected chi connectivity index (χ4v) is 1.27. The Balaban J connectivity index is 2.96. The lowest BCUT2D eigenvalue weighted by atomic mass is 10.2. The summed E-state index contributed by atoms with van der Waals surface area (Å²) in [5.41, 5.74) is -0.194. The number of nitrogens with zero attached hydrogens (tertiary/aromatic N) is 3. The molecule has 0 radical (unpaired) electrons. The van der Waals surface area contributed by atoms with E-state index in [0.717, 1.165) is 6.20 Å². The summed E-state index contributed by atoms with van der Waals surface area (Å²) in [7, 11) is 0. The van der Waals surface area contributed by atoms with Gasteiger partial charge < -0.3 is 5.32 Å². The van der Waals surface area contributed by atoms with Gasteiger partial charge in [0.05, 0.1) is 4.92 Å². The zero-order valence-electron chi connectivity index (χ0n) is 8.68. The summed E-state index contributed by atoms with van der Waals surface area (Å²) < 4.78 is 0. The van der Waals surface area contributed by atoms with Crippen molar-refractivity contribution in [2.24, 2.45) is 0 Å². The highest BCUT2D eigenvalue weighted by molar-refractivity contribution is 6.28. The number of hydrogen-bond acceptors (Lipinski definition) is 5. The predicted octanol–water partition coefficient (Wildman–Crippen LogP) is 2.41. The molecule has 1 unspecified atom stereocenters. The van der Waals surface area contributed by atoms with Gasteiger partial charge in [0.1, 0.15) is 6.20 Å². The molecule has 0 aromatic carbocycles. The maximum atomic E-state index is 10.7. The maximum Gasteiger partial charge on any atom is 0.329 e. The van der Waals surface area contributed by atoms with Crippen LogP contribution in [0.2, 0.25) is 5.28 Å². The third-order valence-electron chi connectivity index (χ3n) is 1.84. The summed E-state index contributed by atoms with van der Waals surface area (Å²) in [6.07, 6.45) is 3.46. The van der Waals surface area contributed by atoms with Crippen LogP contribution < -0.4 is 5.32 Å². The number of rotatable bonds is 5. The summed E-state index contributed by atoms with van der Waals surface area (Å²) in [6.45, 7) is 5.45. The Kier molecular flexibility index (Phi) is 4.19. The van der Waals surface area contributed by atoms with E-state index in [1.54, 1.807) is 6.08 Å². The Bertz CT molecular complexity index is 410. The Morgan fingerprint density at radius 2 is 2.50 bits per heavy atom. The van der Waals surface area contributed by atoms with Crippen molar-refractivity contribution in [1.82, 2.24) is 9.97 Å². The van der Waals surface area contributed by atoms with Gasteiger partial charge in [-0.2, -0.15) is 4.98 Å². The largest absolute Gasteiger partial charge is 0.361 e. The van der Waals surface area contributed by atoms with Crippen molar-refractivity contribution in [1.29, 1.82) is 0 Å². The SMILES string of the molecule is C=CCC(C)Nc1nc(Cl)ncc1[N+](=O)[O-]. The molecule has 1 N–H and O–H groups in total. The number of halogens is 1. The summed E-state index contributed by atoms with van der Waals surface area (Å²) in [5, 5.41) is 13.6. The zero-order chi connectivity index (χ0) is 12.1. The second-order valence-electron chi connectivity index (χ2n) is 3.20. The van der Waals surface area contributed by atoms with Crippen LogP contribution >= 0.6 is 11.6 Å². The second kappa shape index (κ2) is 5.41. The number of anilines is 1. The summed E-state index contributed by atoms with van der Waals surface area (Å²) in [5.74, 6) is 0.124. The Morgan fingerprint density at radius 1 is 1.81 bits per heavy atom. The predicted molar refractivity (Wildman–Crippen MR) is 61.6 cm³/mol. The quantitative estimate of drug-likeness (QED) is 0.371. The monoisotopic (exact) mass is 242 g/mol. The molecule has 0 spiro atoms. The number of nitro groups is 1. The highest BCUT2D eigenvalue weighted by Crippen LogP contribution is 2.22. The highest BCUT2D eigenvalue weighted by atomic mass is 35.5. The standard InChI is InChI=1S/C9H11ClN4O2/c1-3-4-6(2)12-8-7(14(15)16)5-11-9(10)13-8/h3,5-6H,1,4H2,2H3,(H,11,12,13). The van der Waals surface area contributed by atoms with E-state index in [2.05, 4.69) is 21.9 Å². The van der Waals surface area contributed by atoms with Crippen molar-refractivity contribution in [2.45, 2.75) is 19.4 Å². The zero-order valence-corrected chi connectivity index (χ0v) is 9.44. The van der Waals surface area contributed by atoms with E-state index in [4.69, 9.17) is 11.6 Å². The van der Waals surface area contributed by atoms with Crippen molar-refractivity contribution >= 4 is 23.1 Å². The van der Waals surface area contributed by atoms with Crippen molar-refractivity contribution in [3.05, 3.63) is 34.2 Å². The van der Waals surface area contributed by atoms with E-state index in [1.807, 2.05) is 6.92 Å². The van der Waals surface area contributed by atoms with Crippen LogP contribution in [0.25, 0.3) is 0 Å². The van der Waals surface area contributed by atoms with Crippen LogP contribution in [0.15, 0.2) is 18.9 Å². The first kappa shape index (κ1) is 12.4. The summed E-state index contributed by atoms with van der Waals surface area (Å²) in [4.78, 5) is 17.5. The lowest BCUT2D eigenvalue weighted by molar-refractivity contribution is -0.384. The van der Waals surface area contributed by atoms with Gasteiger partial charge in [-0.15, -0.1) is 6.58 Å². The molecule has 1 aromatic heterocycles. The van der Waals surface area contributed by atoms with Gasteiger partial charge in [0.25, 0.3) is 0 Å². The molecular weight excluding hydrogens is 232 g/mol. The molecule has 86 valence electrons. The van der Waals surface area contributed by atoms with E-state index in [1.165, 1.54) is 0 Å². The topological polar surface area (TPSA) is 81.0 Å². The molecule has 1 rings (SSSR count). The van der Waals surface area contributed by atoms with Crippen molar-refractivity contribution in [3.63, 3.8) is 0 Å². The molecule has 0 amide bonds. The van der Waals surface area contributed by atoms with Gasteiger partial charge in [0.15, 0.2) is 0 Å². The van der Waals surface area contributed by atoms with Crippen LogP contribution in [0.4, 0.5) is 11.5 Å². The number of nitrogens with one attached hydrogen (secondary N) is 1. The van der Waals surface area contributed by atoms with Crippen molar-refractivity contribution < 1.29 is 4.92 Å². The first-order valence-electron chi connectivity index (χ1n) is 4.59. The van der Waals surface area contributed by atoms with Gasteiger partial charge in [-0.3, -0.25) is 10.1 Å². The van der Waals surface area contributed by atoms with Gasteiger partial charge in [0.2, 0.25) is 11.1 Å². The number of hydrogen-bond donors (Lipinski definition) is 1. The molecule has 6 nitrogen and oxygen atoms in total. The van der Waals surface area contributed by atoms with E-state index in [-0.39, 0.29) is 22.8 Å². The van der Waals surface area contributed by atoms with E-state index in [9.17, 15) is 10.1 Å². The minimum Gasteiger partial charge on any atom is -0.361 e. The van der Waals surface area contributed by atoms with Crippen LogP contribution in [0.5, 0.6) is 0 Å². The molecule has 0 bridgehead atoms. The van der Waals surface area contributed by atoms with E-state index < -0.39 is 4.92 Å². The molecule has 1 heterocycles. The normalized spacial score (nSPS) is 11.9. The van der Waals surface area contributed by atoms with Crippen LogP contribution in [-0.2, 0) is 0 Å². The molecule has 0 aliphatic carbocycles. The third kappa shape index (κ3) is 3.16. The summed E-state index contributed by atoms with van der Waals surface area (Å²) in [6, 6.07) is -0.0119. The van der Waals surface area contributed by atoms with Gasteiger partial charge in [0, 0.05) is 6.04 Å². The van der Waals surface area contributed by atoms with Crippen LogP contribution in [0.1, 0.15) is 13.3 Å². The minimum atomic E-state index is -0.556. The van der Waals surface area contributed by atoms with Crippen LogP contribution in [0, 0.1) is 10.1 Å². The fourth-order valence-electron chi connectivity index (χ4n) is 1.14. The third-order valence-corrected chi connectivity index (χ3v) is 2.02. The second-order valence-corrected chi connectivity index (χ2v) is 3.54. The molecule has 0 fully saturated rings. The van der Waals surface area contributed by atoms with E-state index >= 15 is 0 Å². The Labute approximate surface area is 97.5 Å². The average molecular weight is 243 g/mol. The van der Waals surface area contributed by atoms with Crippen LogP contribution in [0.3, 0.4) is 0 Å². The molecule has 0 saturated heterocycles. The maximum absolute atomic E-state index is 10.7. The fraction of sp³-hybridized carbons (Fsp3) is 0.333. The molecular formula is C9H11ClN4O2. The Hall–Kier alpha value is -1.69. The Morgan fingerprint density at radius 3 is 3.06 bits per heavy atom. The lowest BCUT2D eigenvalue weighted by Gasteiger charge is -2.11.